The smallest absolute Gasteiger partial charge is 0.346 e. The summed E-state index contributed by atoms with van der Waals surface area (Å²) in [6, 6.07) is 0. The Morgan fingerprint density at radius 2 is 2.09 bits per heavy atom. The Kier molecular flexibility index (Phi) is 3.43. The number of nitrogens with one attached hydrogen (secondary N) is 1. The number of aromatic nitrogens is 6. The average molecular weight is 311 g/mol. The van der Waals surface area contributed by atoms with E-state index >= 15 is 0 Å². The van der Waals surface area contributed by atoms with Crippen LogP contribution in [0.4, 0.5) is 19.1 Å². The van der Waals surface area contributed by atoms with Crippen LogP contribution < -0.4 is 5.32 Å². The standard InChI is InChI=1S/C12H12F3N7/c1-8-4-18-11-19-10(20-22(11)6-8)17-5-9-16-2-3-21(9)7-12(13,14)15/h2-4,6H,5,7H2,1H3,(H,17,20). The quantitative estimate of drug-likeness (QED) is 0.795. The zero-order valence-corrected chi connectivity index (χ0v) is 11.5. The Morgan fingerprint density at radius 1 is 1.27 bits per heavy atom. The monoisotopic (exact) mass is 311 g/mol. The number of halogens is 3. The fourth-order valence-electron chi connectivity index (χ4n) is 1.95. The Morgan fingerprint density at radius 3 is 2.86 bits per heavy atom. The van der Waals surface area contributed by atoms with E-state index in [-0.39, 0.29) is 18.3 Å². The number of imidazole rings is 1. The number of anilines is 1. The van der Waals surface area contributed by atoms with Crippen LogP contribution in [-0.4, -0.2) is 35.3 Å². The maximum absolute atomic E-state index is 12.4. The molecule has 0 aliphatic rings. The fourth-order valence-corrected chi connectivity index (χ4v) is 1.95. The first-order chi connectivity index (χ1) is 10.4. The lowest BCUT2D eigenvalue weighted by atomic mass is 10.4. The van der Waals surface area contributed by atoms with Crippen LogP contribution in [0.3, 0.4) is 0 Å². The number of rotatable bonds is 4. The highest BCUT2D eigenvalue weighted by molar-refractivity contribution is 5.36. The zero-order chi connectivity index (χ0) is 15.7. The first-order valence-corrected chi connectivity index (χ1v) is 6.40. The number of alkyl halides is 3. The molecular formula is C12H12F3N7. The van der Waals surface area contributed by atoms with Gasteiger partial charge in [0.25, 0.3) is 5.78 Å². The van der Waals surface area contributed by atoms with Gasteiger partial charge < -0.3 is 9.88 Å². The predicted molar refractivity (Wildman–Crippen MR) is 71.1 cm³/mol. The van der Waals surface area contributed by atoms with Crippen molar-refractivity contribution in [3.05, 3.63) is 36.2 Å². The van der Waals surface area contributed by atoms with Crippen molar-refractivity contribution in [3.8, 4) is 0 Å². The second-order valence-corrected chi connectivity index (χ2v) is 4.75. The molecule has 116 valence electrons. The molecule has 3 heterocycles. The van der Waals surface area contributed by atoms with Crippen LogP contribution in [0.2, 0.25) is 0 Å². The molecule has 1 N–H and O–H groups in total. The number of nitrogens with zero attached hydrogens (tertiary/aromatic N) is 6. The summed E-state index contributed by atoms with van der Waals surface area (Å²) in [5.74, 6) is 0.937. The summed E-state index contributed by atoms with van der Waals surface area (Å²) in [6.07, 6.45) is 1.73. The molecule has 0 amide bonds. The largest absolute Gasteiger partial charge is 0.406 e. The van der Waals surface area contributed by atoms with Crippen LogP contribution in [0.15, 0.2) is 24.8 Å². The van der Waals surface area contributed by atoms with Gasteiger partial charge in [-0.3, -0.25) is 0 Å². The topological polar surface area (TPSA) is 72.9 Å². The molecule has 0 atom stereocenters. The molecule has 0 radical (unpaired) electrons. The minimum absolute atomic E-state index is 0.0823. The van der Waals surface area contributed by atoms with Gasteiger partial charge in [-0.05, 0) is 12.5 Å². The third-order valence-electron chi connectivity index (χ3n) is 2.88. The number of aryl methyl sites for hydroxylation is 1. The van der Waals surface area contributed by atoms with Gasteiger partial charge in [0.15, 0.2) is 0 Å². The van der Waals surface area contributed by atoms with Gasteiger partial charge in [0.1, 0.15) is 12.4 Å². The molecule has 3 aromatic heterocycles. The van der Waals surface area contributed by atoms with Gasteiger partial charge in [-0.25, -0.2) is 14.5 Å². The molecule has 3 rings (SSSR count). The van der Waals surface area contributed by atoms with Gasteiger partial charge in [-0.15, -0.1) is 5.10 Å². The van der Waals surface area contributed by atoms with Gasteiger partial charge in [-0.2, -0.15) is 18.2 Å². The number of hydrogen-bond acceptors (Lipinski definition) is 5. The molecule has 0 fully saturated rings. The highest BCUT2D eigenvalue weighted by Crippen LogP contribution is 2.18. The summed E-state index contributed by atoms with van der Waals surface area (Å²) in [7, 11) is 0. The van der Waals surface area contributed by atoms with Crippen molar-refractivity contribution in [2.24, 2.45) is 0 Å². The van der Waals surface area contributed by atoms with Crippen molar-refractivity contribution < 1.29 is 13.2 Å². The second-order valence-electron chi connectivity index (χ2n) is 4.75. The van der Waals surface area contributed by atoms with Crippen LogP contribution in [0.25, 0.3) is 5.78 Å². The Balaban J connectivity index is 1.73. The van der Waals surface area contributed by atoms with E-state index in [9.17, 15) is 13.2 Å². The maximum Gasteiger partial charge on any atom is 0.406 e. The van der Waals surface area contributed by atoms with Gasteiger partial charge in [0, 0.05) is 24.8 Å². The van der Waals surface area contributed by atoms with E-state index in [0.717, 1.165) is 10.1 Å². The third kappa shape index (κ3) is 3.15. The first-order valence-electron chi connectivity index (χ1n) is 6.40. The van der Waals surface area contributed by atoms with Crippen molar-refractivity contribution in [3.63, 3.8) is 0 Å². The average Bonchev–Trinajstić information content (AvgIpc) is 3.00. The van der Waals surface area contributed by atoms with Crippen molar-refractivity contribution >= 4 is 11.7 Å². The highest BCUT2D eigenvalue weighted by Gasteiger charge is 2.28. The maximum atomic E-state index is 12.4. The predicted octanol–water partition coefficient (Wildman–Crippen LogP) is 1.80. The van der Waals surface area contributed by atoms with Crippen molar-refractivity contribution in [2.45, 2.75) is 26.2 Å². The van der Waals surface area contributed by atoms with Crippen molar-refractivity contribution in [2.75, 3.05) is 5.32 Å². The second kappa shape index (κ2) is 5.28. The minimum Gasteiger partial charge on any atom is -0.346 e. The molecule has 0 aromatic carbocycles. The van der Waals surface area contributed by atoms with Crippen molar-refractivity contribution in [1.82, 2.24) is 29.1 Å². The fraction of sp³-hybridized carbons (Fsp3) is 0.333. The molecule has 0 aliphatic carbocycles. The zero-order valence-electron chi connectivity index (χ0n) is 11.5. The molecule has 7 nitrogen and oxygen atoms in total. The summed E-state index contributed by atoms with van der Waals surface area (Å²) in [6.45, 7) is 0.872. The lowest BCUT2D eigenvalue weighted by molar-refractivity contribution is -0.141. The van der Waals surface area contributed by atoms with E-state index in [2.05, 4.69) is 25.4 Å². The Labute approximate surface area is 122 Å². The summed E-state index contributed by atoms with van der Waals surface area (Å²) in [4.78, 5) is 12.1. The summed E-state index contributed by atoms with van der Waals surface area (Å²) < 4.78 is 39.8. The number of hydrogen-bond donors (Lipinski definition) is 1. The van der Waals surface area contributed by atoms with E-state index < -0.39 is 12.7 Å². The molecule has 0 aliphatic heterocycles. The molecular weight excluding hydrogens is 299 g/mol. The number of fused-ring (bicyclic) bond motifs is 1. The SMILES string of the molecule is Cc1cnc2nc(NCc3nccn3CC(F)(F)F)nn2c1. The molecule has 0 saturated carbocycles. The Hall–Kier alpha value is -2.65. The molecule has 0 unspecified atom stereocenters. The van der Waals surface area contributed by atoms with Crippen LogP contribution in [0.5, 0.6) is 0 Å². The lowest BCUT2D eigenvalue weighted by Gasteiger charge is -2.10. The van der Waals surface area contributed by atoms with Gasteiger partial charge in [0.05, 0.1) is 6.54 Å². The summed E-state index contributed by atoms with van der Waals surface area (Å²) in [5.41, 5.74) is 0.921. The first kappa shape index (κ1) is 14.3. The van der Waals surface area contributed by atoms with Gasteiger partial charge in [-0.1, -0.05) is 0 Å². The van der Waals surface area contributed by atoms with E-state index in [0.29, 0.717) is 5.78 Å². The van der Waals surface area contributed by atoms with E-state index in [1.165, 1.54) is 16.9 Å². The molecule has 22 heavy (non-hydrogen) atoms. The van der Waals surface area contributed by atoms with Gasteiger partial charge >= 0.3 is 6.18 Å². The van der Waals surface area contributed by atoms with Crippen molar-refractivity contribution in [1.29, 1.82) is 0 Å². The molecule has 0 saturated heterocycles. The van der Waals surface area contributed by atoms with Gasteiger partial charge in [0.2, 0.25) is 5.95 Å². The van der Waals surface area contributed by atoms with E-state index in [1.807, 2.05) is 6.92 Å². The van der Waals surface area contributed by atoms with E-state index in [1.54, 1.807) is 12.4 Å². The van der Waals surface area contributed by atoms with Crippen LogP contribution in [-0.2, 0) is 13.1 Å². The van der Waals surface area contributed by atoms with Crippen LogP contribution in [0.1, 0.15) is 11.4 Å². The molecule has 3 aromatic rings. The molecule has 0 bridgehead atoms. The minimum atomic E-state index is -4.29. The highest BCUT2D eigenvalue weighted by atomic mass is 19.4. The summed E-state index contributed by atoms with van der Waals surface area (Å²) in [5, 5.41) is 7.00. The third-order valence-corrected chi connectivity index (χ3v) is 2.88. The Bertz CT molecular complexity index is 789. The van der Waals surface area contributed by atoms with E-state index in [4.69, 9.17) is 0 Å². The van der Waals surface area contributed by atoms with Crippen LogP contribution >= 0.6 is 0 Å². The van der Waals surface area contributed by atoms with Crippen LogP contribution in [0, 0.1) is 6.92 Å². The molecule has 0 spiro atoms. The lowest BCUT2D eigenvalue weighted by Crippen LogP contribution is -2.20. The normalized spacial score (nSPS) is 12.0. The molecule has 10 heteroatoms. The summed E-state index contributed by atoms with van der Waals surface area (Å²) >= 11 is 0.